The SMILES string of the molecule is CCCNC(=O)C(CC)N(Cc1ccc(Cl)cc1Cl)C(=O)CN(c1ccc(Br)cc1)S(=O)(=O)c1ccccc1. The molecular formula is C28H30BrCl2N3O4S. The van der Waals surface area contributed by atoms with Crippen molar-refractivity contribution in [3.8, 4) is 0 Å². The van der Waals surface area contributed by atoms with Crippen molar-refractivity contribution in [3.63, 3.8) is 0 Å². The van der Waals surface area contributed by atoms with Crippen molar-refractivity contribution in [3.05, 3.63) is 92.9 Å². The van der Waals surface area contributed by atoms with Gasteiger partial charge in [-0.05, 0) is 66.9 Å². The van der Waals surface area contributed by atoms with E-state index < -0.39 is 28.5 Å². The Bertz CT molecular complexity index is 1390. The van der Waals surface area contributed by atoms with Gasteiger partial charge < -0.3 is 10.2 Å². The largest absolute Gasteiger partial charge is 0.354 e. The summed E-state index contributed by atoms with van der Waals surface area (Å²) >= 11 is 15.9. The lowest BCUT2D eigenvalue weighted by Gasteiger charge is -2.33. The lowest BCUT2D eigenvalue weighted by atomic mass is 10.1. The number of sulfonamides is 1. The molecule has 1 unspecified atom stereocenters. The third-order valence-electron chi connectivity index (χ3n) is 6.02. The summed E-state index contributed by atoms with van der Waals surface area (Å²) in [6.07, 6.45) is 1.04. The van der Waals surface area contributed by atoms with Gasteiger partial charge in [0.1, 0.15) is 12.6 Å². The molecule has 0 spiro atoms. The summed E-state index contributed by atoms with van der Waals surface area (Å²) in [5.74, 6) is -0.874. The lowest BCUT2D eigenvalue weighted by Crippen LogP contribution is -2.52. The molecule has 0 aliphatic heterocycles. The zero-order valence-electron chi connectivity index (χ0n) is 21.6. The van der Waals surface area contributed by atoms with E-state index in [-0.39, 0.29) is 17.3 Å². The summed E-state index contributed by atoms with van der Waals surface area (Å²) < 4.78 is 29.4. The van der Waals surface area contributed by atoms with E-state index in [0.29, 0.717) is 34.3 Å². The van der Waals surface area contributed by atoms with Crippen LogP contribution in [0.15, 0.2) is 82.2 Å². The Balaban J connectivity index is 2.05. The number of hydrogen-bond acceptors (Lipinski definition) is 4. The fourth-order valence-corrected chi connectivity index (χ4v) is 6.14. The van der Waals surface area contributed by atoms with Crippen LogP contribution in [0, 0.1) is 0 Å². The first-order chi connectivity index (χ1) is 18.6. The van der Waals surface area contributed by atoms with Gasteiger partial charge in [0, 0.05) is 27.6 Å². The molecule has 11 heteroatoms. The van der Waals surface area contributed by atoms with Gasteiger partial charge in [0.05, 0.1) is 10.6 Å². The van der Waals surface area contributed by atoms with Crippen molar-refractivity contribution >= 4 is 66.7 Å². The highest BCUT2D eigenvalue weighted by molar-refractivity contribution is 9.10. The third kappa shape index (κ3) is 7.97. The zero-order chi connectivity index (χ0) is 28.6. The minimum absolute atomic E-state index is 0.00749. The molecule has 0 bridgehead atoms. The maximum absolute atomic E-state index is 14.0. The van der Waals surface area contributed by atoms with E-state index in [1.54, 1.807) is 67.6 Å². The van der Waals surface area contributed by atoms with Crippen LogP contribution in [-0.4, -0.2) is 44.3 Å². The minimum atomic E-state index is -4.12. The van der Waals surface area contributed by atoms with E-state index >= 15 is 0 Å². The van der Waals surface area contributed by atoms with Crippen LogP contribution in [0.2, 0.25) is 10.0 Å². The van der Waals surface area contributed by atoms with Crippen LogP contribution in [0.3, 0.4) is 0 Å². The molecule has 1 atom stereocenters. The molecule has 0 saturated carbocycles. The fraction of sp³-hybridized carbons (Fsp3) is 0.286. The standard InChI is InChI=1S/C28H30BrCl2N3O4S/c1-3-16-32-28(36)26(4-2)33(18-20-10-13-22(30)17-25(20)31)27(35)19-34(23-14-11-21(29)12-15-23)39(37,38)24-8-6-5-7-9-24/h5-15,17,26H,3-4,16,18-19H2,1-2H3,(H,32,36). The Morgan fingerprint density at radius 1 is 0.974 bits per heavy atom. The maximum atomic E-state index is 14.0. The summed E-state index contributed by atoms with van der Waals surface area (Å²) in [5.41, 5.74) is 0.889. The second-order valence-corrected chi connectivity index (χ2v) is 12.4. The van der Waals surface area contributed by atoms with Crippen LogP contribution in [0.25, 0.3) is 0 Å². The first-order valence-electron chi connectivity index (χ1n) is 12.4. The monoisotopic (exact) mass is 653 g/mol. The van der Waals surface area contributed by atoms with Gasteiger partial charge in [0.25, 0.3) is 10.0 Å². The lowest BCUT2D eigenvalue weighted by molar-refractivity contribution is -0.140. The number of benzene rings is 3. The number of rotatable bonds is 12. The Kier molecular flexibility index (Phi) is 11.2. The average Bonchev–Trinajstić information content (AvgIpc) is 2.92. The molecule has 3 aromatic rings. The van der Waals surface area contributed by atoms with Gasteiger partial charge in [-0.3, -0.25) is 13.9 Å². The predicted octanol–water partition coefficient (Wildman–Crippen LogP) is 6.28. The Morgan fingerprint density at radius 3 is 2.23 bits per heavy atom. The Morgan fingerprint density at radius 2 is 1.64 bits per heavy atom. The summed E-state index contributed by atoms with van der Waals surface area (Å²) in [7, 11) is -4.12. The second kappa shape index (κ2) is 14.2. The molecule has 0 radical (unpaired) electrons. The van der Waals surface area contributed by atoms with Crippen LogP contribution in [0.5, 0.6) is 0 Å². The molecule has 0 fully saturated rings. The molecule has 0 aliphatic carbocycles. The van der Waals surface area contributed by atoms with E-state index in [0.717, 1.165) is 15.2 Å². The molecule has 2 amide bonds. The Hall–Kier alpha value is -2.59. The van der Waals surface area contributed by atoms with E-state index in [2.05, 4.69) is 21.2 Å². The highest BCUT2D eigenvalue weighted by Crippen LogP contribution is 2.27. The minimum Gasteiger partial charge on any atom is -0.354 e. The van der Waals surface area contributed by atoms with E-state index in [1.165, 1.54) is 17.0 Å². The normalized spacial score (nSPS) is 12.0. The third-order valence-corrected chi connectivity index (χ3v) is 8.92. The van der Waals surface area contributed by atoms with E-state index in [9.17, 15) is 18.0 Å². The van der Waals surface area contributed by atoms with Crippen molar-refractivity contribution in [2.24, 2.45) is 0 Å². The highest BCUT2D eigenvalue weighted by Gasteiger charge is 2.33. The Labute approximate surface area is 248 Å². The smallest absolute Gasteiger partial charge is 0.264 e. The molecule has 1 N–H and O–H groups in total. The topological polar surface area (TPSA) is 86.8 Å². The number of nitrogens with zero attached hydrogens (tertiary/aromatic N) is 2. The molecule has 0 heterocycles. The average molecular weight is 655 g/mol. The molecule has 208 valence electrons. The van der Waals surface area contributed by atoms with Crippen LogP contribution in [0.1, 0.15) is 32.3 Å². The second-order valence-electron chi connectivity index (χ2n) is 8.77. The van der Waals surface area contributed by atoms with Gasteiger partial charge >= 0.3 is 0 Å². The van der Waals surface area contributed by atoms with Crippen LogP contribution in [-0.2, 0) is 26.2 Å². The van der Waals surface area contributed by atoms with E-state index in [1.807, 2.05) is 6.92 Å². The molecule has 0 aromatic heterocycles. The van der Waals surface area contributed by atoms with Gasteiger partial charge in [-0.1, -0.05) is 77.2 Å². The van der Waals surface area contributed by atoms with Crippen molar-refractivity contribution in [1.29, 1.82) is 0 Å². The van der Waals surface area contributed by atoms with E-state index in [4.69, 9.17) is 23.2 Å². The summed E-state index contributed by atoms with van der Waals surface area (Å²) in [6.45, 7) is 3.65. The number of nitrogens with one attached hydrogen (secondary N) is 1. The predicted molar refractivity (Wildman–Crippen MR) is 160 cm³/mol. The number of halogens is 3. The van der Waals surface area contributed by atoms with Crippen LogP contribution in [0.4, 0.5) is 5.69 Å². The van der Waals surface area contributed by atoms with Gasteiger partial charge in [0.15, 0.2) is 0 Å². The zero-order valence-corrected chi connectivity index (χ0v) is 25.5. The van der Waals surface area contributed by atoms with Gasteiger partial charge in [-0.2, -0.15) is 0 Å². The molecule has 0 aliphatic rings. The van der Waals surface area contributed by atoms with Crippen molar-refractivity contribution in [1.82, 2.24) is 10.2 Å². The molecular weight excluding hydrogens is 625 g/mol. The van der Waals surface area contributed by atoms with Crippen molar-refractivity contribution in [2.75, 3.05) is 17.4 Å². The van der Waals surface area contributed by atoms with Crippen LogP contribution < -0.4 is 9.62 Å². The van der Waals surface area contributed by atoms with Crippen molar-refractivity contribution < 1.29 is 18.0 Å². The van der Waals surface area contributed by atoms with Gasteiger partial charge in [0.2, 0.25) is 11.8 Å². The molecule has 3 aromatic carbocycles. The number of hydrogen-bond donors (Lipinski definition) is 1. The van der Waals surface area contributed by atoms with Crippen LogP contribution >= 0.6 is 39.1 Å². The molecule has 3 rings (SSSR count). The first-order valence-corrected chi connectivity index (χ1v) is 15.4. The van der Waals surface area contributed by atoms with Gasteiger partial charge in [-0.15, -0.1) is 0 Å². The summed E-state index contributed by atoms with van der Waals surface area (Å²) in [4.78, 5) is 28.5. The van der Waals surface area contributed by atoms with Crippen molar-refractivity contribution in [2.45, 2.75) is 44.2 Å². The molecule has 39 heavy (non-hydrogen) atoms. The maximum Gasteiger partial charge on any atom is 0.264 e. The summed E-state index contributed by atoms with van der Waals surface area (Å²) in [6, 6.07) is 18.6. The first kappa shape index (κ1) is 30.9. The highest BCUT2D eigenvalue weighted by atomic mass is 79.9. The number of anilines is 1. The molecule has 0 saturated heterocycles. The number of carbonyl (C=O) groups is 2. The fourth-order valence-electron chi connectivity index (χ4n) is 3.97. The molecule has 7 nitrogen and oxygen atoms in total. The van der Waals surface area contributed by atoms with Gasteiger partial charge in [-0.25, -0.2) is 8.42 Å². The quantitative estimate of drug-likeness (QED) is 0.249. The number of carbonyl (C=O) groups excluding carboxylic acids is 2. The number of amides is 2. The summed E-state index contributed by atoms with van der Waals surface area (Å²) in [5, 5.41) is 3.63.